The molecular formula is C26H36N2O2. The smallest absolute Gasteiger partial charge is 0.242 e. The lowest BCUT2D eigenvalue weighted by molar-refractivity contribution is -0.140. The maximum atomic E-state index is 13.1. The van der Waals surface area contributed by atoms with E-state index in [1.165, 1.54) is 5.56 Å². The average molecular weight is 409 g/mol. The Labute approximate surface area is 181 Å². The lowest BCUT2D eigenvalue weighted by Gasteiger charge is -2.29. The van der Waals surface area contributed by atoms with Crippen molar-refractivity contribution in [2.24, 2.45) is 0 Å². The van der Waals surface area contributed by atoms with E-state index in [4.69, 9.17) is 0 Å². The van der Waals surface area contributed by atoms with Gasteiger partial charge in [0.1, 0.15) is 6.04 Å². The maximum absolute atomic E-state index is 13.1. The molecule has 0 aromatic heterocycles. The van der Waals surface area contributed by atoms with Gasteiger partial charge in [-0.15, -0.1) is 0 Å². The number of rotatable bonds is 10. The van der Waals surface area contributed by atoms with Gasteiger partial charge in [0.05, 0.1) is 0 Å². The van der Waals surface area contributed by atoms with E-state index in [2.05, 4.69) is 55.6 Å². The Morgan fingerprint density at radius 2 is 1.43 bits per heavy atom. The Kier molecular flexibility index (Phi) is 9.10. The molecule has 0 heterocycles. The van der Waals surface area contributed by atoms with Crippen molar-refractivity contribution < 1.29 is 9.59 Å². The van der Waals surface area contributed by atoms with Gasteiger partial charge in [-0.1, -0.05) is 68.4 Å². The van der Waals surface area contributed by atoms with Crippen LogP contribution in [0.1, 0.15) is 63.6 Å². The number of hydrogen-bond acceptors (Lipinski definition) is 2. The highest BCUT2D eigenvalue weighted by atomic mass is 16.2. The summed E-state index contributed by atoms with van der Waals surface area (Å²) in [5, 5.41) is 2.93. The zero-order valence-electron chi connectivity index (χ0n) is 19.0. The second-order valence-electron chi connectivity index (χ2n) is 8.56. The second kappa shape index (κ2) is 11.5. The van der Waals surface area contributed by atoms with Crippen molar-refractivity contribution >= 4 is 11.8 Å². The van der Waals surface area contributed by atoms with E-state index in [1.807, 2.05) is 39.0 Å². The Balaban J connectivity index is 2.05. The Morgan fingerprint density at radius 3 is 2.00 bits per heavy atom. The summed E-state index contributed by atoms with van der Waals surface area (Å²) in [6, 6.07) is 18.1. The molecule has 2 aromatic rings. The first-order valence-corrected chi connectivity index (χ1v) is 11.0. The first kappa shape index (κ1) is 23.7. The van der Waals surface area contributed by atoms with Gasteiger partial charge in [-0.25, -0.2) is 0 Å². The highest BCUT2D eigenvalue weighted by molar-refractivity contribution is 5.87. The number of carbonyl (C=O) groups is 2. The van der Waals surface area contributed by atoms with Crippen LogP contribution >= 0.6 is 0 Å². The third-order valence-corrected chi connectivity index (χ3v) is 5.36. The molecule has 0 aliphatic carbocycles. The van der Waals surface area contributed by atoms with Crippen molar-refractivity contribution in [1.82, 2.24) is 10.2 Å². The minimum Gasteiger partial charge on any atom is -0.352 e. The van der Waals surface area contributed by atoms with Crippen LogP contribution in [0, 0.1) is 0 Å². The van der Waals surface area contributed by atoms with Gasteiger partial charge >= 0.3 is 0 Å². The van der Waals surface area contributed by atoms with Crippen LogP contribution in [0.3, 0.4) is 0 Å². The molecular weight excluding hydrogens is 372 g/mol. The number of benzene rings is 2. The lowest BCUT2D eigenvalue weighted by atomic mass is 10.00. The van der Waals surface area contributed by atoms with Gasteiger partial charge in [0, 0.05) is 19.0 Å². The zero-order chi connectivity index (χ0) is 22.1. The van der Waals surface area contributed by atoms with Gasteiger partial charge in [0.15, 0.2) is 0 Å². The molecule has 1 N–H and O–H groups in total. The predicted molar refractivity (Wildman–Crippen MR) is 123 cm³/mol. The van der Waals surface area contributed by atoms with Gasteiger partial charge in [-0.05, 0) is 56.2 Å². The Bertz CT molecular complexity index is 798. The standard InChI is InChI=1S/C26H36N2O2/c1-19(2)24-14-11-23(12-15-24)13-16-25(29)28(21(5)26(30)27-20(3)4)18-17-22-9-7-6-8-10-22/h6-12,14-15,19-21H,13,16-18H2,1-5H3,(H,27,30)/t21-/m1/s1. The number of carbonyl (C=O) groups excluding carboxylic acids is 2. The van der Waals surface area contributed by atoms with Gasteiger partial charge in [-0.2, -0.15) is 0 Å². The molecule has 2 aromatic carbocycles. The van der Waals surface area contributed by atoms with E-state index in [9.17, 15) is 9.59 Å². The van der Waals surface area contributed by atoms with Crippen molar-refractivity contribution in [3.63, 3.8) is 0 Å². The molecule has 0 saturated carbocycles. The maximum Gasteiger partial charge on any atom is 0.242 e. The minimum atomic E-state index is -0.494. The van der Waals surface area contributed by atoms with Crippen molar-refractivity contribution in [3.8, 4) is 0 Å². The van der Waals surface area contributed by atoms with Crippen LogP contribution in [-0.4, -0.2) is 35.3 Å². The van der Waals surface area contributed by atoms with E-state index in [0.717, 1.165) is 17.5 Å². The number of aryl methyl sites for hydroxylation is 1. The molecule has 1 atom stereocenters. The number of hydrogen-bond donors (Lipinski definition) is 1. The molecule has 0 unspecified atom stereocenters. The molecule has 0 fully saturated rings. The molecule has 0 radical (unpaired) electrons. The molecule has 2 amide bonds. The first-order valence-electron chi connectivity index (χ1n) is 11.0. The lowest BCUT2D eigenvalue weighted by Crippen LogP contribution is -2.50. The molecule has 0 aliphatic heterocycles. The molecule has 0 aliphatic rings. The summed E-state index contributed by atoms with van der Waals surface area (Å²) in [7, 11) is 0. The van der Waals surface area contributed by atoms with Gasteiger partial charge in [-0.3, -0.25) is 9.59 Å². The second-order valence-corrected chi connectivity index (χ2v) is 8.56. The summed E-state index contributed by atoms with van der Waals surface area (Å²) in [4.78, 5) is 27.4. The molecule has 0 saturated heterocycles. The van der Waals surface area contributed by atoms with Crippen LogP contribution < -0.4 is 5.32 Å². The van der Waals surface area contributed by atoms with Gasteiger partial charge in [0.25, 0.3) is 0 Å². The molecule has 4 heteroatoms. The molecule has 2 rings (SSSR count). The Hall–Kier alpha value is -2.62. The fourth-order valence-electron chi connectivity index (χ4n) is 3.44. The topological polar surface area (TPSA) is 49.4 Å². The third kappa shape index (κ3) is 7.33. The van der Waals surface area contributed by atoms with Crippen molar-refractivity contribution in [1.29, 1.82) is 0 Å². The monoisotopic (exact) mass is 408 g/mol. The fraction of sp³-hybridized carbons (Fsp3) is 0.462. The SMILES string of the molecule is CC(C)NC(=O)[C@@H](C)N(CCc1ccccc1)C(=O)CCc1ccc(C(C)C)cc1. The average Bonchev–Trinajstić information content (AvgIpc) is 2.72. The van der Waals surface area contributed by atoms with E-state index >= 15 is 0 Å². The van der Waals surface area contributed by atoms with Crippen LogP contribution in [0.25, 0.3) is 0 Å². The third-order valence-electron chi connectivity index (χ3n) is 5.36. The minimum absolute atomic E-state index is 0.0188. The van der Waals surface area contributed by atoms with Crippen LogP contribution in [0.4, 0.5) is 0 Å². The van der Waals surface area contributed by atoms with Crippen LogP contribution in [0.2, 0.25) is 0 Å². The van der Waals surface area contributed by atoms with Crippen LogP contribution in [0.15, 0.2) is 54.6 Å². The molecule has 162 valence electrons. The largest absolute Gasteiger partial charge is 0.352 e. The number of nitrogens with zero attached hydrogens (tertiary/aromatic N) is 1. The zero-order valence-corrected chi connectivity index (χ0v) is 19.0. The summed E-state index contributed by atoms with van der Waals surface area (Å²) >= 11 is 0. The molecule has 0 bridgehead atoms. The van der Waals surface area contributed by atoms with Crippen molar-refractivity contribution in [3.05, 3.63) is 71.3 Å². The summed E-state index contributed by atoms with van der Waals surface area (Å²) < 4.78 is 0. The normalized spacial score (nSPS) is 12.1. The summed E-state index contributed by atoms with van der Waals surface area (Å²) in [6.07, 6.45) is 1.81. The summed E-state index contributed by atoms with van der Waals surface area (Å²) in [5.74, 6) is 0.410. The van der Waals surface area contributed by atoms with Crippen LogP contribution in [-0.2, 0) is 22.4 Å². The van der Waals surface area contributed by atoms with E-state index < -0.39 is 6.04 Å². The number of amides is 2. The number of nitrogens with one attached hydrogen (secondary N) is 1. The highest BCUT2D eigenvalue weighted by Gasteiger charge is 2.25. The predicted octanol–water partition coefficient (Wildman–Crippen LogP) is 4.73. The molecule has 30 heavy (non-hydrogen) atoms. The van der Waals surface area contributed by atoms with Gasteiger partial charge in [0.2, 0.25) is 11.8 Å². The highest BCUT2D eigenvalue weighted by Crippen LogP contribution is 2.16. The van der Waals surface area contributed by atoms with E-state index in [1.54, 1.807) is 4.90 Å². The molecule has 4 nitrogen and oxygen atoms in total. The van der Waals surface area contributed by atoms with E-state index in [-0.39, 0.29) is 17.9 Å². The van der Waals surface area contributed by atoms with Crippen molar-refractivity contribution in [2.45, 2.75) is 71.9 Å². The van der Waals surface area contributed by atoms with E-state index in [0.29, 0.717) is 25.3 Å². The van der Waals surface area contributed by atoms with Crippen molar-refractivity contribution in [2.75, 3.05) is 6.54 Å². The Morgan fingerprint density at radius 1 is 0.833 bits per heavy atom. The van der Waals surface area contributed by atoms with Crippen LogP contribution in [0.5, 0.6) is 0 Å². The summed E-state index contributed by atoms with van der Waals surface area (Å²) in [5.41, 5.74) is 3.61. The fourth-order valence-corrected chi connectivity index (χ4v) is 3.44. The van der Waals surface area contributed by atoms with Gasteiger partial charge < -0.3 is 10.2 Å². The quantitative estimate of drug-likeness (QED) is 0.618. The molecule has 0 spiro atoms. The summed E-state index contributed by atoms with van der Waals surface area (Å²) in [6.45, 7) is 10.6. The first-order chi connectivity index (χ1) is 14.3.